The Kier molecular flexibility index (Phi) is 6.22. The fourth-order valence-corrected chi connectivity index (χ4v) is 7.59. The lowest BCUT2D eigenvalue weighted by Gasteiger charge is -2.54. The molecule has 2 aliphatic heterocycles. The number of benzene rings is 1. The van der Waals surface area contributed by atoms with Crippen molar-refractivity contribution in [1.82, 2.24) is 4.98 Å². The number of nitrogens with one attached hydrogen (secondary N) is 1. The number of halogens is 4. The van der Waals surface area contributed by atoms with Crippen LogP contribution in [0.5, 0.6) is 5.75 Å². The van der Waals surface area contributed by atoms with Crippen molar-refractivity contribution < 1.29 is 36.2 Å². The van der Waals surface area contributed by atoms with Crippen LogP contribution >= 0.6 is 10.6 Å². The van der Waals surface area contributed by atoms with E-state index in [9.17, 15) is 27.1 Å². The lowest BCUT2D eigenvalue weighted by molar-refractivity contribution is -0.0501. The number of aromatic nitrogens is 1. The van der Waals surface area contributed by atoms with E-state index in [0.29, 0.717) is 0 Å². The minimum absolute atomic E-state index is 0.0528. The van der Waals surface area contributed by atoms with Crippen LogP contribution in [0.4, 0.5) is 23.2 Å². The number of hydrogen-bond donors (Lipinski definition) is 4. The van der Waals surface area contributed by atoms with Gasteiger partial charge in [0.1, 0.15) is 40.1 Å². The summed E-state index contributed by atoms with van der Waals surface area (Å²) in [5.74, 6) is -1.91. The summed E-state index contributed by atoms with van der Waals surface area (Å²) in [6, 6.07) is 4.90. The van der Waals surface area contributed by atoms with Gasteiger partial charge in [0.05, 0.1) is 11.4 Å². The lowest BCUT2D eigenvalue weighted by atomic mass is 9.86. The first-order chi connectivity index (χ1) is 16.4. The first-order valence-electron chi connectivity index (χ1n) is 10.6. The van der Waals surface area contributed by atoms with Gasteiger partial charge < -0.3 is 15.8 Å². The number of aryl methyl sites for hydroxylation is 1. The zero-order valence-electron chi connectivity index (χ0n) is 18.8. The van der Waals surface area contributed by atoms with E-state index in [1.807, 2.05) is 0 Å². The Labute approximate surface area is 199 Å². The van der Waals surface area contributed by atoms with Crippen molar-refractivity contribution in [1.29, 1.82) is 0 Å². The van der Waals surface area contributed by atoms with E-state index in [-0.39, 0.29) is 46.9 Å². The summed E-state index contributed by atoms with van der Waals surface area (Å²) in [6.07, 6.45) is 1.21. The zero-order chi connectivity index (χ0) is 25.8. The monoisotopic (exact) mass is 516 g/mol. The second kappa shape index (κ2) is 8.64. The highest BCUT2D eigenvalue weighted by Gasteiger charge is 2.65. The number of fused-ring (bicyclic) bond motifs is 2. The van der Waals surface area contributed by atoms with E-state index in [2.05, 4.69) is 20.0 Å². The molecule has 2 aliphatic rings. The molecule has 4 rings (SSSR count). The highest BCUT2D eigenvalue weighted by Crippen LogP contribution is 2.71. The maximum absolute atomic E-state index is 15.0. The van der Waals surface area contributed by atoms with Crippen molar-refractivity contribution in [2.75, 3.05) is 12.0 Å². The number of alkyl halides is 3. The lowest BCUT2D eigenvalue weighted by Crippen LogP contribution is -2.55. The SMILES string of the molecule is Cc1cc(OC(F)F)cnc1C(=O)Nc1ccc(F)c([C@@]2(C)N=C(N)[C@@]3(CF)CC[C@@H]2S3(O)O)c1. The Morgan fingerprint density at radius 2 is 2.09 bits per heavy atom. The number of amides is 1. The van der Waals surface area contributed by atoms with Gasteiger partial charge in [-0.1, -0.05) is 0 Å². The van der Waals surface area contributed by atoms with Crippen LogP contribution in [0.15, 0.2) is 35.5 Å². The molecule has 1 aromatic carbocycles. The second-order valence-electron chi connectivity index (χ2n) is 8.76. The van der Waals surface area contributed by atoms with Crippen LogP contribution in [0.3, 0.4) is 0 Å². The number of aliphatic imine (C=N–C) groups is 1. The molecule has 3 atom stereocenters. The highest BCUT2D eigenvalue weighted by molar-refractivity contribution is 8.26. The van der Waals surface area contributed by atoms with Gasteiger partial charge in [-0.25, -0.2) is 13.8 Å². The maximum atomic E-state index is 15.0. The van der Waals surface area contributed by atoms with Crippen LogP contribution in [-0.4, -0.2) is 49.1 Å². The van der Waals surface area contributed by atoms with E-state index in [1.165, 1.54) is 32.0 Å². The molecule has 2 aromatic rings. The molecule has 1 saturated heterocycles. The number of amidine groups is 1. The molecule has 8 nitrogen and oxygen atoms in total. The van der Waals surface area contributed by atoms with Gasteiger partial charge in [0.15, 0.2) is 0 Å². The van der Waals surface area contributed by atoms with Crippen LogP contribution in [0.25, 0.3) is 0 Å². The Balaban J connectivity index is 1.67. The summed E-state index contributed by atoms with van der Waals surface area (Å²) >= 11 is 0. The molecule has 1 amide bonds. The normalized spacial score (nSPS) is 27.9. The van der Waals surface area contributed by atoms with Crippen molar-refractivity contribution in [3.05, 3.63) is 53.1 Å². The summed E-state index contributed by atoms with van der Waals surface area (Å²) in [4.78, 5) is 21.0. The minimum Gasteiger partial charge on any atom is -0.433 e. The Morgan fingerprint density at radius 3 is 2.71 bits per heavy atom. The molecular weight excluding hydrogens is 492 g/mol. The number of hydrogen-bond acceptors (Lipinski definition) is 7. The van der Waals surface area contributed by atoms with E-state index in [0.717, 1.165) is 12.3 Å². The molecule has 13 heteroatoms. The van der Waals surface area contributed by atoms with Crippen LogP contribution < -0.4 is 15.8 Å². The number of carbonyl (C=O) groups excluding carboxylic acids is 1. The third kappa shape index (κ3) is 3.91. The molecular formula is C22H24F4N4O4S. The third-order valence-electron chi connectivity index (χ3n) is 6.71. The van der Waals surface area contributed by atoms with E-state index in [1.54, 1.807) is 0 Å². The largest absolute Gasteiger partial charge is 0.433 e. The van der Waals surface area contributed by atoms with Gasteiger partial charge in [-0.3, -0.25) is 18.9 Å². The average Bonchev–Trinajstić information content (AvgIpc) is 2.97. The van der Waals surface area contributed by atoms with Gasteiger partial charge in [0.2, 0.25) is 0 Å². The molecule has 0 saturated carbocycles. The van der Waals surface area contributed by atoms with Gasteiger partial charge >= 0.3 is 6.61 Å². The first-order valence-corrected chi connectivity index (χ1v) is 12.2. The molecule has 0 unspecified atom stereocenters. The van der Waals surface area contributed by atoms with E-state index < -0.39 is 51.1 Å². The predicted molar refractivity (Wildman–Crippen MR) is 124 cm³/mol. The first kappa shape index (κ1) is 25.2. The van der Waals surface area contributed by atoms with Crippen LogP contribution in [-0.2, 0) is 5.54 Å². The number of carbonyl (C=O) groups is 1. The number of nitrogens with two attached hydrogens (primary N) is 1. The number of ether oxygens (including phenoxy) is 1. The molecule has 3 heterocycles. The molecule has 35 heavy (non-hydrogen) atoms. The fraction of sp³-hybridized carbons (Fsp3) is 0.409. The fourth-order valence-electron chi connectivity index (χ4n) is 4.84. The molecule has 5 N–H and O–H groups in total. The smallest absolute Gasteiger partial charge is 0.387 e. The Bertz CT molecular complexity index is 1210. The Morgan fingerprint density at radius 1 is 1.37 bits per heavy atom. The summed E-state index contributed by atoms with van der Waals surface area (Å²) in [5.41, 5.74) is 4.78. The van der Waals surface area contributed by atoms with Gasteiger partial charge in [-0.2, -0.15) is 19.4 Å². The van der Waals surface area contributed by atoms with Crippen molar-refractivity contribution >= 4 is 28.0 Å². The summed E-state index contributed by atoms with van der Waals surface area (Å²) in [6.45, 7) is -1.16. The Hall–Kier alpha value is -2.90. The maximum Gasteiger partial charge on any atom is 0.387 e. The zero-order valence-corrected chi connectivity index (χ0v) is 19.6. The van der Waals surface area contributed by atoms with Crippen molar-refractivity contribution in [2.24, 2.45) is 10.7 Å². The van der Waals surface area contributed by atoms with Crippen molar-refractivity contribution in [3.63, 3.8) is 0 Å². The van der Waals surface area contributed by atoms with E-state index >= 15 is 4.39 Å². The molecule has 190 valence electrons. The summed E-state index contributed by atoms with van der Waals surface area (Å²) in [7, 11) is -3.62. The van der Waals surface area contributed by atoms with E-state index in [4.69, 9.17) is 5.73 Å². The third-order valence-corrected chi connectivity index (χ3v) is 9.87. The molecule has 2 bridgehead atoms. The van der Waals surface area contributed by atoms with Crippen LogP contribution in [0.1, 0.15) is 41.4 Å². The number of anilines is 1. The van der Waals surface area contributed by atoms with Crippen LogP contribution in [0.2, 0.25) is 0 Å². The minimum atomic E-state index is -3.62. The number of rotatable bonds is 6. The average molecular weight is 517 g/mol. The van der Waals surface area contributed by atoms with Crippen molar-refractivity contribution in [2.45, 2.75) is 48.8 Å². The quantitative estimate of drug-likeness (QED) is 0.416. The molecule has 0 spiro atoms. The molecule has 0 radical (unpaired) electrons. The van der Waals surface area contributed by atoms with Crippen molar-refractivity contribution in [3.8, 4) is 5.75 Å². The van der Waals surface area contributed by atoms with Crippen LogP contribution in [0, 0.1) is 12.7 Å². The molecule has 1 fully saturated rings. The standard InChI is InChI=1S/C22H24F4N4O4S/c1-11-7-13(34-20(25)26)9-28-17(11)18(31)29-12-3-4-15(24)14(8-12)21(2)16-5-6-22(10-23,19(27)30-21)35(16,32)33/h3-4,7-9,16,20,32-33H,5-6,10H2,1-2H3,(H2,27,30)(H,29,31)/t16-,21+,22-/m0/s1. The van der Waals surface area contributed by atoms with Gasteiger partial charge in [0.25, 0.3) is 5.91 Å². The summed E-state index contributed by atoms with van der Waals surface area (Å²) < 4.78 is 78.2. The number of nitrogens with zero attached hydrogens (tertiary/aromatic N) is 2. The molecule has 0 aliphatic carbocycles. The second-order valence-corrected chi connectivity index (χ2v) is 11.3. The molecule has 1 aromatic heterocycles. The van der Waals surface area contributed by atoms with Gasteiger partial charge in [0, 0.05) is 11.3 Å². The topological polar surface area (TPSA) is 130 Å². The summed E-state index contributed by atoms with van der Waals surface area (Å²) in [5, 5.41) is 1.58. The predicted octanol–water partition coefficient (Wildman–Crippen LogP) is 4.59. The van der Waals surface area contributed by atoms with Gasteiger partial charge in [-0.05, 0) is 56.5 Å². The number of pyridine rings is 1. The highest BCUT2D eigenvalue weighted by atomic mass is 32.3. The van der Waals surface area contributed by atoms with Gasteiger partial charge in [-0.15, -0.1) is 0 Å².